The Morgan fingerprint density at radius 1 is 1.44 bits per heavy atom. The monoisotopic (exact) mass is 301 g/mol. The topological polar surface area (TPSA) is 68.0 Å². The van der Waals surface area contributed by atoms with Crippen molar-refractivity contribution in [1.82, 2.24) is 10.3 Å². The van der Waals surface area contributed by atoms with Gasteiger partial charge in [-0.2, -0.15) is 13.2 Å². The lowest BCUT2D eigenvalue weighted by molar-refractivity contribution is -0.0327. The zero-order valence-corrected chi connectivity index (χ0v) is 10.7. The summed E-state index contributed by atoms with van der Waals surface area (Å²) in [6.07, 6.45) is 0. The van der Waals surface area contributed by atoms with E-state index >= 15 is 0 Å². The lowest BCUT2D eigenvalue weighted by Gasteiger charge is -2.06. The lowest BCUT2D eigenvalue weighted by Crippen LogP contribution is -2.27. The molecule has 18 heavy (non-hydrogen) atoms. The molecule has 102 valence electrons. The number of aromatic nitrogens is 1. The van der Waals surface area contributed by atoms with Crippen LogP contribution in [0.2, 0.25) is 0 Å². The van der Waals surface area contributed by atoms with E-state index in [-0.39, 0.29) is 48.0 Å². The second kappa shape index (κ2) is 7.32. The van der Waals surface area contributed by atoms with Gasteiger partial charge in [0.1, 0.15) is 11.5 Å². The number of halogens is 4. The summed E-state index contributed by atoms with van der Waals surface area (Å²) < 4.78 is 35.3. The number of pyridine rings is 1. The van der Waals surface area contributed by atoms with Gasteiger partial charge in [-0.3, -0.25) is 4.79 Å². The van der Waals surface area contributed by atoms with E-state index in [0.29, 0.717) is 0 Å². The van der Waals surface area contributed by atoms with Crippen molar-refractivity contribution in [2.45, 2.75) is 5.51 Å². The number of hydrogen-bond acceptors (Lipinski definition) is 4. The zero-order valence-electron chi connectivity index (χ0n) is 9.03. The van der Waals surface area contributed by atoms with Crippen LogP contribution in [-0.4, -0.2) is 28.7 Å². The summed E-state index contributed by atoms with van der Waals surface area (Å²) in [6.45, 7) is -0.0838. The molecule has 0 fully saturated rings. The molecular weight excluding hydrogens is 291 g/mol. The second-order valence-corrected chi connectivity index (χ2v) is 4.16. The number of anilines is 1. The van der Waals surface area contributed by atoms with Crippen LogP contribution in [0.5, 0.6) is 0 Å². The number of nitrogens with one attached hydrogen (secondary N) is 1. The molecule has 0 spiro atoms. The number of nitrogens with zero attached hydrogens (tertiary/aromatic N) is 1. The van der Waals surface area contributed by atoms with E-state index in [9.17, 15) is 18.0 Å². The summed E-state index contributed by atoms with van der Waals surface area (Å²) in [5.74, 6) is -0.597. The molecule has 1 heterocycles. The molecule has 0 saturated heterocycles. The minimum Gasteiger partial charge on any atom is -0.384 e. The van der Waals surface area contributed by atoms with Crippen molar-refractivity contribution >= 4 is 35.9 Å². The van der Waals surface area contributed by atoms with Crippen molar-refractivity contribution in [3.05, 3.63) is 23.9 Å². The Balaban J connectivity index is 0.00000289. The number of nitrogens with two attached hydrogens (primary N) is 1. The number of hydrogen-bond donors (Lipinski definition) is 2. The molecule has 1 rings (SSSR count). The Morgan fingerprint density at radius 2 is 2.11 bits per heavy atom. The Bertz CT molecular complexity index is 403. The van der Waals surface area contributed by atoms with E-state index < -0.39 is 11.4 Å². The van der Waals surface area contributed by atoms with E-state index in [1.165, 1.54) is 12.1 Å². The molecule has 0 aromatic carbocycles. The van der Waals surface area contributed by atoms with Crippen LogP contribution in [0.1, 0.15) is 10.5 Å². The van der Waals surface area contributed by atoms with Gasteiger partial charge < -0.3 is 11.1 Å². The van der Waals surface area contributed by atoms with Gasteiger partial charge in [-0.25, -0.2) is 4.98 Å². The average molecular weight is 302 g/mol. The van der Waals surface area contributed by atoms with Crippen LogP contribution in [-0.2, 0) is 0 Å². The van der Waals surface area contributed by atoms with E-state index in [0.717, 1.165) is 0 Å². The largest absolute Gasteiger partial charge is 0.441 e. The molecule has 1 aromatic heterocycles. The fourth-order valence-corrected chi connectivity index (χ4v) is 1.44. The van der Waals surface area contributed by atoms with Gasteiger partial charge in [0.25, 0.3) is 5.91 Å². The number of amides is 1. The highest BCUT2D eigenvalue weighted by Gasteiger charge is 2.27. The van der Waals surface area contributed by atoms with Gasteiger partial charge in [0.05, 0.1) is 0 Å². The van der Waals surface area contributed by atoms with Gasteiger partial charge >= 0.3 is 5.51 Å². The number of carbonyl (C=O) groups excluding carboxylic acids is 1. The van der Waals surface area contributed by atoms with Gasteiger partial charge in [-0.1, -0.05) is 6.07 Å². The highest BCUT2D eigenvalue weighted by molar-refractivity contribution is 8.00. The minimum atomic E-state index is -4.28. The van der Waals surface area contributed by atoms with Crippen molar-refractivity contribution < 1.29 is 18.0 Å². The van der Waals surface area contributed by atoms with Crippen LogP contribution in [0, 0.1) is 0 Å². The Labute approximate surface area is 112 Å². The van der Waals surface area contributed by atoms with Crippen molar-refractivity contribution in [2.75, 3.05) is 18.0 Å². The SMILES string of the molecule is Cl.Nc1cccc(C(=O)NCCSC(F)(F)F)n1. The maximum Gasteiger partial charge on any atom is 0.441 e. The molecule has 0 saturated carbocycles. The van der Waals surface area contributed by atoms with Crippen molar-refractivity contribution in [1.29, 1.82) is 0 Å². The molecular formula is C9H11ClF3N3OS. The minimum absolute atomic E-state index is 0. The quantitative estimate of drug-likeness (QED) is 0.836. The summed E-state index contributed by atoms with van der Waals surface area (Å²) in [6, 6.07) is 4.49. The van der Waals surface area contributed by atoms with Gasteiger partial charge in [-0.05, 0) is 23.9 Å². The summed E-state index contributed by atoms with van der Waals surface area (Å²) in [5.41, 5.74) is 1.17. The van der Waals surface area contributed by atoms with Gasteiger partial charge in [-0.15, -0.1) is 12.4 Å². The predicted octanol–water partition coefficient (Wildman–Crippen LogP) is 2.07. The van der Waals surface area contributed by atoms with Gasteiger partial charge in [0.2, 0.25) is 0 Å². The first-order chi connectivity index (χ1) is 7.88. The van der Waals surface area contributed by atoms with Crippen LogP contribution in [0.15, 0.2) is 18.2 Å². The summed E-state index contributed by atoms with van der Waals surface area (Å²) in [5, 5.41) is 2.32. The van der Waals surface area contributed by atoms with E-state index in [2.05, 4.69) is 10.3 Å². The smallest absolute Gasteiger partial charge is 0.384 e. The van der Waals surface area contributed by atoms with E-state index in [1.807, 2.05) is 0 Å². The summed E-state index contributed by atoms with van der Waals surface area (Å²) in [7, 11) is 0. The molecule has 0 aliphatic rings. The normalized spacial score (nSPS) is 10.6. The van der Waals surface area contributed by atoms with Gasteiger partial charge in [0, 0.05) is 12.3 Å². The molecule has 9 heteroatoms. The van der Waals surface area contributed by atoms with Crippen molar-refractivity contribution in [3.63, 3.8) is 0 Å². The van der Waals surface area contributed by atoms with Crippen molar-refractivity contribution in [2.24, 2.45) is 0 Å². The Hall–Kier alpha value is -1.15. The third-order valence-electron chi connectivity index (χ3n) is 1.66. The summed E-state index contributed by atoms with van der Waals surface area (Å²) in [4.78, 5) is 15.1. The van der Waals surface area contributed by atoms with Crippen LogP contribution in [0.25, 0.3) is 0 Å². The first kappa shape index (κ1) is 16.9. The Kier molecular flexibility index (Phi) is 6.85. The van der Waals surface area contributed by atoms with Crippen LogP contribution >= 0.6 is 24.2 Å². The number of carbonyl (C=O) groups is 1. The maximum atomic E-state index is 11.8. The number of nitrogen functional groups attached to an aromatic ring is 1. The van der Waals surface area contributed by atoms with E-state index in [1.54, 1.807) is 6.07 Å². The highest BCUT2D eigenvalue weighted by Crippen LogP contribution is 2.29. The highest BCUT2D eigenvalue weighted by atomic mass is 35.5. The van der Waals surface area contributed by atoms with Crippen LogP contribution in [0.4, 0.5) is 19.0 Å². The summed E-state index contributed by atoms with van der Waals surface area (Å²) >= 11 is -0.186. The third-order valence-corrected chi connectivity index (χ3v) is 2.39. The number of thioether (sulfide) groups is 1. The number of alkyl halides is 3. The molecule has 0 radical (unpaired) electrons. The molecule has 1 aromatic rings. The molecule has 0 aliphatic heterocycles. The maximum absolute atomic E-state index is 11.8. The molecule has 4 nitrogen and oxygen atoms in total. The van der Waals surface area contributed by atoms with E-state index in [4.69, 9.17) is 5.73 Å². The standard InChI is InChI=1S/C9H10F3N3OS.ClH/c10-9(11,12)17-5-4-14-8(16)6-2-1-3-7(13)15-6;/h1-3H,4-5H2,(H2,13,15)(H,14,16);1H. The van der Waals surface area contributed by atoms with Gasteiger partial charge in [0.15, 0.2) is 0 Å². The first-order valence-electron chi connectivity index (χ1n) is 4.60. The lowest BCUT2D eigenvalue weighted by atomic mass is 10.3. The zero-order chi connectivity index (χ0) is 12.9. The fraction of sp³-hybridized carbons (Fsp3) is 0.333. The molecule has 0 unspecified atom stereocenters. The third kappa shape index (κ3) is 6.55. The molecule has 3 N–H and O–H groups in total. The molecule has 0 bridgehead atoms. The first-order valence-corrected chi connectivity index (χ1v) is 5.58. The molecule has 0 aliphatic carbocycles. The average Bonchev–Trinajstić information content (AvgIpc) is 2.23. The molecule has 1 amide bonds. The van der Waals surface area contributed by atoms with Crippen molar-refractivity contribution in [3.8, 4) is 0 Å². The predicted molar refractivity (Wildman–Crippen MR) is 66.7 cm³/mol. The molecule has 0 atom stereocenters. The van der Waals surface area contributed by atoms with Crippen LogP contribution in [0.3, 0.4) is 0 Å². The fourth-order valence-electron chi connectivity index (χ4n) is 1.000. The Morgan fingerprint density at radius 3 is 2.67 bits per heavy atom. The van der Waals surface area contributed by atoms with Crippen LogP contribution < -0.4 is 11.1 Å². The second-order valence-electron chi connectivity index (χ2n) is 3.00. The number of rotatable bonds is 4.